The molecule has 0 amide bonds. The van der Waals surface area contributed by atoms with Gasteiger partial charge in [0.15, 0.2) is 11.6 Å². The fourth-order valence-corrected chi connectivity index (χ4v) is 9.06. The van der Waals surface area contributed by atoms with Gasteiger partial charge in [-0.05, 0) is 102 Å². The predicted molar refractivity (Wildman–Crippen MR) is 250 cm³/mol. The molecule has 292 valence electrons. The van der Waals surface area contributed by atoms with Crippen LogP contribution in [0.1, 0.15) is 24.0 Å². The van der Waals surface area contributed by atoms with Gasteiger partial charge in [0.05, 0.1) is 22.8 Å². The predicted octanol–water partition coefficient (Wildman–Crippen LogP) is 13.3. The summed E-state index contributed by atoms with van der Waals surface area (Å²) in [7, 11) is 0. The van der Waals surface area contributed by atoms with Crippen LogP contribution in [0.2, 0.25) is 0 Å². The molecule has 5 nitrogen and oxygen atoms in total. The van der Waals surface area contributed by atoms with Gasteiger partial charge >= 0.3 is 0 Å². The molecule has 11 rings (SSSR count). The second kappa shape index (κ2) is 15.9. The summed E-state index contributed by atoms with van der Waals surface area (Å²) in [6, 6.07) is 66.1. The van der Waals surface area contributed by atoms with Crippen molar-refractivity contribution in [2.24, 2.45) is 0 Å². The molecule has 0 N–H and O–H groups in total. The van der Waals surface area contributed by atoms with Crippen molar-refractivity contribution < 1.29 is 0 Å². The summed E-state index contributed by atoms with van der Waals surface area (Å²) >= 11 is 0. The zero-order valence-electron chi connectivity index (χ0n) is 33.9. The van der Waals surface area contributed by atoms with Gasteiger partial charge < -0.3 is 4.90 Å². The largest absolute Gasteiger partial charge is 0.371 e. The first-order valence-corrected chi connectivity index (χ1v) is 21.4. The lowest BCUT2D eigenvalue weighted by Gasteiger charge is -2.37. The van der Waals surface area contributed by atoms with E-state index in [0.29, 0.717) is 11.6 Å². The average Bonchev–Trinajstić information content (AvgIpc) is 3.35. The zero-order valence-corrected chi connectivity index (χ0v) is 33.9. The van der Waals surface area contributed by atoms with Crippen LogP contribution in [-0.2, 0) is 12.8 Å². The monoisotopic (exact) mass is 785 g/mol. The number of benzene rings is 7. The third-order valence-corrected chi connectivity index (χ3v) is 12.1. The van der Waals surface area contributed by atoms with Gasteiger partial charge in [-0.3, -0.25) is 0 Å². The molecule has 0 spiro atoms. The maximum Gasteiger partial charge on any atom is 0.160 e. The Kier molecular flexibility index (Phi) is 9.55. The van der Waals surface area contributed by atoms with E-state index in [-0.39, 0.29) is 0 Å². The molecule has 0 unspecified atom stereocenters. The molecule has 61 heavy (non-hydrogen) atoms. The smallest absolute Gasteiger partial charge is 0.160 e. The number of nitrogens with zero attached hydrogens (tertiary/aromatic N) is 5. The maximum atomic E-state index is 5.26. The van der Waals surface area contributed by atoms with Crippen molar-refractivity contribution in [1.29, 1.82) is 0 Å². The van der Waals surface area contributed by atoms with E-state index in [0.717, 1.165) is 80.1 Å². The normalized spacial score (nSPS) is 13.1. The van der Waals surface area contributed by atoms with E-state index in [1.165, 1.54) is 53.9 Å². The number of aryl methyl sites for hydroxylation is 2. The molecule has 9 aromatic rings. The number of hydrogen-bond donors (Lipinski definition) is 0. The lowest BCUT2D eigenvalue weighted by atomic mass is 9.88. The van der Waals surface area contributed by atoms with Gasteiger partial charge in [0.1, 0.15) is 0 Å². The molecule has 0 atom stereocenters. The van der Waals surface area contributed by atoms with Crippen molar-refractivity contribution in [2.45, 2.75) is 25.7 Å². The molecule has 0 radical (unpaired) electrons. The third kappa shape index (κ3) is 7.40. The van der Waals surface area contributed by atoms with Gasteiger partial charge in [-0.15, -0.1) is 0 Å². The van der Waals surface area contributed by atoms with Gasteiger partial charge in [-0.2, -0.15) is 0 Å². The van der Waals surface area contributed by atoms with E-state index in [1.807, 2.05) is 24.3 Å². The summed E-state index contributed by atoms with van der Waals surface area (Å²) in [4.78, 5) is 23.6. The molecule has 0 aliphatic carbocycles. The first-order chi connectivity index (χ1) is 30.2. The highest BCUT2D eigenvalue weighted by molar-refractivity contribution is 5.82. The van der Waals surface area contributed by atoms with Gasteiger partial charge in [-0.25, -0.2) is 19.9 Å². The molecular weight excluding hydrogens is 743 g/mol. The molecule has 2 aliphatic rings. The first kappa shape index (κ1) is 36.6. The van der Waals surface area contributed by atoms with Crippen LogP contribution in [0.5, 0.6) is 0 Å². The lowest BCUT2D eigenvalue weighted by Crippen LogP contribution is -2.34. The second-order valence-corrected chi connectivity index (χ2v) is 16.1. The summed E-state index contributed by atoms with van der Waals surface area (Å²) in [6.07, 6.45) is 4.75. The van der Waals surface area contributed by atoms with E-state index >= 15 is 0 Å². The van der Waals surface area contributed by atoms with E-state index in [2.05, 4.69) is 169 Å². The zero-order chi connectivity index (χ0) is 40.5. The number of hydrogen-bond acceptors (Lipinski definition) is 5. The Morgan fingerprint density at radius 1 is 0.295 bits per heavy atom. The van der Waals surface area contributed by atoms with Crippen LogP contribution in [0.4, 0.5) is 5.69 Å². The highest BCUT2D eigenvalue weighted by atomic mass is 15.1. The minimum atomic E-state index is 0.638. The van der Waals surface area contributed by atoms with Crippen molar-refractivity contribution in [2.75, 3.05) is 18.0 Å². The molecule has 2 aliphatic heterocycles. The Balaban J connectivity index is 1.08. The highest BCUT2D eigenvalue weighted by Gasteiger charge is 2.25. The van der Waals surface area contributed by atoms with E-state index in [1.54, 1.807) is 0 Å². The Morgan fingerprint density at radius 3 is 0.984 bits per heavy atom. The number of anilines is 1. The Hall–Kier alpha value is -7.50. The van der Waals surface area contributed by atoms with Crippen molar-refractivity contribution >= 4 is 5.69 Å². The summed E-state index contributed by atoms with van der Waals surface area (Å²) in [5.74, 6) is 1.28. The lowest BCUT2D eigenvalue weighted by molar-refractivity contribution is 0.634. The highest BCUT2D eigenvalue weighted by Crippen LogP contribution is 2.40. The van der Waals surface area contributed by atoms with Gasteiger partial charge in [0.2, 0.25) is 0 Å². The van der Waals surface area contributed by atoms with Crippen LogP contribution in [0, 0.1) is 0 Å². The minimum absolute atomic E-state index is 0.638. The second-order valence-electron chi connectivity index (χ2n) is 16.1. The molecule has 4 heterocycles. The maximum absolute atomic E-state index is 5.26. The molecule has 5 heteroatoms. The van der Waals surface area contributed by atoms with Crippen LogP contribution in [-0.4, -0.2) is 33.0 Å². The third-order valence-electron chi connectivity index (χ3n) is 12.1. The average molecular weight is 786 g/mol. The van der Waals surface area contributed by atoms with Crippen molar-refractivity contribution in [3.8, 4) is 90.1 Å². The fraction of sp³-hybridized carbons (Fsp3) is 0.107. The minimum Gasteiger partial charge on any atom is -0.371 e. The molecule has 0 saturated carbocycles. The quantitative estimate of drug-likeness (QED) is 0.154. The number of rotatable bonds is 8. The fourth-order valence-electron chi connectivity index (χ4n) is 9.06. The van der Waals surface area contributed by atoms with E-state index in [4.69, 9.17) is 19.9 Å². The van der Waals surface area contributed by atoms with Gasteiger partial charge in [-0.1, -0.05) is 146 Å². The molecule has 0 saturated heterocycles. The van der Waals surface area contributed by atoms with Gasteiger partial charge in [0, 0.05) is 52.2 Å². The van der Waals surface area contributed by atoms with Gasteiger partial charge in [0.25, 0.3) is 0 Å². The topological polar surface area (TPSA) is 54.8 Å². The SMILES string of the molecule is c1ccc(-c2cc(-c3ccccc3)nc(-c3cc(-c4ccc(-c5cc6c7c(c5)CCCN7CCC6)cc4)cc(-c4nc(-c5ccccc5)cc(-c5ccccc5)n4)c3)n2)cc1. The molecule has 0 bridgehead atoms. The van der Waals surface area contributed by atoms with Crippen LogP contribution in [0.25, 0.3) is 90.1 Å². The number of aromatic nitrogens is 4. The van der Waals surface area contributed by atoms with Crippen LogP contribution in [0.3, 0.4) is 0 Å². The molecular formula is C56H43N5. The summed E-state index contributed by atoms with van der Waals surface area (Å²) in [6.45, 7) is 2.36. The van der Waals surface area contributed by atoms with Crippen LogP contribution < -0.4 is 4.90 Å². The van der Waals surface area contributed by atoms with Crippen LogP contribution >= 0.6 is 0 Å². The first-order valence-electron chi connectivity index (χ1n) is 21.4. The molecule has 7 aromatic carbocycles. The summed E-state index contributed by atoms with van der Waals surface area (Å²) < 4.78 is 0. The van der Waals surface area contributed by atoms with Crippen molar-refractivity contribution in [3.63, 3.8) is 0 Å². The van der Waals surface area contributed by atoms with Crippen molar-refractivity contribution in [1.82, 2.24) is 19.9 Å². The van der Waals surface area contributed by atoms with E-state index < -0.39 is 0 Å². The molecule has 2 aromatic heterocycles. The van der Waals surface area contributed by atoms with Crippen molar-refractivity contribution in [3.05, 3.63) is 199 Å². The Labute approximate surface area is 357 Å². The molecule has 0 fully saturated rings. The standard InChI is InChI=1S/C56H43N5/c1-5-15-40(16-6-1)50-36-51(41-17-7-2-8-18-41)58-55(57-50)48-33-47(39-27-25-38(26-28-39)46-31-44-23-13-29-61-30-14-24-45(32-46)54(44)61)34-49(35-48)56-59-52(42-19-9-3-10-20-42)37-53(60-56)43-21-11-4-12-22-43/h1-12,15-22,25-28,31-37H,13-14,23-24,29-30H2. The Morgan fingerprint density at radius 2 is 0.623 bits per heavy atom. The van der Waals surface area contributed by atoms with Crippen LogP contribution in [0.15, 0.2) is 188 Å². The Bertz CT molecular complexity index is 2710. The van der Waals surface area contributed by atoms with E-state index in [9.17, 15) is 0 Å². The summed E-state index contributed by atoms with van der Waals surface area (Å²) in [5.41, 5.74) is 18.5. The summed E-state index contributed by atoms with van der Waals surface area (Å²) in [5, 5.41) is 0.